The molecule has 0 aromatic heterocycles. The van der Waals surface area contributed by atoms with Crippen LogP contribution in [0.1, 0.15) is 65.9 Å². The van der Waals surface area contributed by atoms with Gasteiger partial charge in [0.2, 0.25) is 0 Å². The Kier molecular flexibility index (Phi) is 7.31. The molecule has 2 rings (SSSR count). The van der Waals surface area contributed by atoms with Gasteiger partial charge in [0.15, 0.2) is 0 Å². The molecule has 1 aliphatic rings. The number of rotatable bonds is 10. The second kappa shape index (κ2) is 9.24. The molecule has 2 nitrogen and oxygen atoms in total. The molecule has 1 atom stereocenters. The van der Waals surface area contributed by atoms with E-state index in [2.05, 4.69) is 65.0 Å². The quantitative estimate of drug-likeness (QED) is 0.370. The molecule has 1 saturated heterocycles. The molecule has 0 N–H and O–H groups in total. The van der Waals surface area contributed by atoms with Crippen LogP contribution in [0.15, 0.2) is 47.6 Å². The Morgan fingerprint density at radius 2 is 1.88 bits per heavy atom. The second-order valence-corrected chi connectivity index (χ2v) is 7.70. The zero-order valence-electron chi connectivity index (χ0n) is 16.6. The minimum Gasteiger partial charge on any atom is -0.490 e. The van der Waals surface area contributed by atoms with Gasteiger partial charge in [-0.25, -0.2) is 0 Å². The normalized spacial score (nSPS) is 19.8. The molecule has 1 aromatic rings. The zero-order chi connectivity index (χ0) is 18.3. The van der Waals surface area contributed by atoms with Crippen LogP contribution in [0.5, 0.6) is 5.75 Å². The number of aryl methyl sites for hydroxylation is 1. The van der Waals surface area contributed by atoms with Gasteiger partial charge in [-0.1, -0.05) is 36.3 Å². The molecule has 0 saturated carbocycles. The van der Waals surface area contributed by atoms with Crippen LogP contribution >= 0.6 is 0 Å². The number of benzene rings is 1. The summed E-state index contributed by atoms with van der Waals surface area (Å²) >= 11 is 0. The van der Waals surface area contributed by atoms with Gasteiger partial charge < -0.3 is 9.47 Å². The molecule has 1 fully saturated rings. The average Bonchev–Trinajstić information content (AvgIpc) is 3.20. The van der Waals surface area contributed by atoms with Gasteiger partial charge in [0, 0.05) is 0 Å². The fraction of sp³-hybridized carbons (Fsp3) is 0.565. The molecule has 0 radical (unpaired) electrons. The van der Waals surface area contributed by atoms with Gasteiger partial charge in [-0.3, -0.25) is 0 Å². The third-order valence-electron chi connectivity index (χ3n) is 4.98. The molecule has 25 heavy (non-hydrogen) atoms. The van der Waals surface area contributed by atoms with Crippen LogP contribution in [0.25, 0.3) is 0 Å². The third kappa shape index (κ3) is 7.07. The van der Waals surface area contributed by atoms with Crippen LogP contribution in [0.3, 0.4) is 0 Å². The van der Waals surface area contributed by atoms with Crippen molar-refractivity contribution in [1.29, 1.82) is 0 Å². The van der Waals surface area contributed by atoms with E-state index in [1.807, 2.05) is 6.07 Å². The lowest BCUT2D eigenvalue weighted by atomic mass is 10.0. The summed E-state index contributed by atoms with van der Waals surface area (Å²) in [4.78, 5) is 0. The van der Waals surface area contributed by atoms with Crippen molar-refractivity contribution in [3.05, 3.63) is 53.1 Å². The van der Waals surface area contributed by atoms with E-state index in [1.54, 1.807) is 0 Å². The first-order valence-corrected chi connectivity index (χ1v) is 9.61. The Morgan fingerprint density at radius 3 is 2.56 bits per heavy atom. The smallest absolute Gasteiger partial charge is 0.120 e. The van der Waals surface area contributed by atoms with Gasteiger partial charge in [-0.2, -0.15) is 0 Å². The van der Waals surface area contributed by atoms with Crippen molar-refractivity contribution in [3.63, 3.8) is 0 Å². The fourth-order valence-electron chi connectivity index (χ4n) is 2.98. The number of allylic oxidation sites excluding steroid dienone is 3. The van der Waals surface area contributed by atoms with Crippen LogP contribution in [0.2, 0.25) is 0 Å². The molecule has 0 amide bonds. The van der Waals surface area contributed by atoms with Gasteiger partial charge in [-0.05, 0) is 83.6 Å². The van der Waals surface area contributed by atoms with Crippen LogP contribution in [0, 0.1) is 0 Å². The average molecular weight is 343 g/mol. The Labute approximate surface area is 153 Å². The predicted octanol–water partition coefficient (Wildman–Crippen LogP) is 6.26. The molecular formula is C23H34O2. The summed E-state index contributed by atoms with van der Waals surface area (Å²) in [6.45, 7) is 11.6. The second-order valence-electron chi connectivity index (χ2n) is 7.70. The Hall–Kier alpha value is -1.54. The Balaban J connectivity index is 1.64. The van der Waals surface area contributed by atoms with E-state index in [9.17, 15) is 0 Å². The van der Waals surface area contributed by atoms with Crippen molar-refractivity contribution in [2.24, 2.45) is 0 Å². The minimum absolute atomic E-state index is 0.121. The summed E-state index contributed by atoms with van der Waals surface area (Å²) in [7, 11) is 0. The lowest BCUT2D eigenvalue weighted by Crippen LogP contribution is -2.02. The zero-order valence-corrected chi connectivity index (χ0v) is 16.6. The maximum Gasteiger partial charge on any atom is 0.120 e. The van der Waals surface area contributed by atoms with E-state index in [4.69, 9.17) is 9.47 Å². The van der Waals surface area contributed by atoms with Gasteiger partial charge in [-0.15, -0.1) is 0 Å². The number of ether oxygens (including phenoxy) is 2. The van der Waals surface area contributed by atoms with Crippen LogP contribution in [0.4, 0.5) is 0 Å². The fourth-order valence-corrected chi connectivity index (χ4v) is 2.98. The van der Waals surface area contributed by atoms with E-state index in [0.717, 1.165) is 37.9 Å². The molecule has 1 aromatic carbocycles. The highest BCUT2D eigenvalue weighted by molar-refractivity contribution is 5.28. The van der Waals surface area contributed by atoms with Crippen molar-refractivity contribution in [3.8, 4) is 5.75 Å². The molecular weight excluding hydrogens is 308 g/mol. The molecule has 0 spiro atoms. The number of epoxide rings is 1. The standard InChI is InChI=1S/C23H34O2/c1-6-20-11-8-12-21(17-20)24-16-15-19(3)10-7-9-18(2)13-14-22-23(4,5)25-22/h8-9,11-12,15,17,22H,6-7,10,13-14,16H2,1-5H3. The number of hydrogen-bond acceptors (Lipinski definition) is 2. The summed E-state index contributed by atoms with van der Waals surface area (Å²) < 4.78 is 11.5. The first-order chi connectivity index (χ1) is 11.9. The van der Waals surface area contributed by atoms with E-state index in [0.29, 0.717) is 12.7 Å². The molecule has 1 unspecified atom stereocenters. The summed E-state index contributed by atoms with van der Waals surface area (Å²) in [6, 6.07) is 8.35. The maximum atomic E-state index is 5.83. The minimum atomic E-state index is 0.121. The van der Waals surface area contributed by atoms with Gasteiger partial charge in [0.05, 0.1) is 11.7 Å². The van der Waals surface area contributed by atoms with E-state index in [1.165, 1.54) is 16.7 Å². The molecule has 1 aliphatic heterocycles. The van der Waals surface area contributed by atoms with Gasteiger partial charge >= 0.3 is 0 Å². The SMILES string of the molecule is CCc1cccc(OCC=C(C)CCC=C(C)CCC2OC2(C)C)c1. The number of hydrogen-bond donors (Lipinski definition) is 0. The predicted molar refractivity (Wildman–Crippen MR) is 106 cm³/mol. The molecule has 1 heterocycles. The first-order valence-electron chi connectivity index (χ1n) is 9.61. The molecule has 0 aliphatic carbocycles. The summed E-state index contributed by atoms with van der Waals surface area (Å²) in [5, 5.41) is 0. The van der Waals surface area contributed by atoms with Gasteiger partial charge in [0.25, 0.3) is 0 Å². The molecule has 138 valence electrons. The van der Waals surface area contributed by atoms with Crippen LogP contribution in [-0.4, -0.2) is 18.3 Å². The van der Waals surface area contributed by atoms with E-state index in [-0.39, 0.29) is 5.60 Å². The monoisotopic (exact) mass is 342 g/mol. The van der Waals surface area contributed by atoms with Crippen LogP contribution in [-0.2, 0) is 11.2 Å². The topological polar surface area (TPSA) is 21.8 Å². The van der Waals surface area contributed by atoms with Crippen molar-refractivity contribution < 1.29 is 9.47 Å². The highest BCUT2D eigenvalue weighted by atomic mass is 16.6. The summed E-state index contributed by atoms with van der Waals surface area (Å²) in [6.07, 6.45) is 10.6. The van der Waals surface area contributed by atoms with E-state index >= 15 is 0 Å². The Morgan fingerprint density at radius 1 is 1.16 bits per heavy atom. The maximum absolute atomic E-state index is 5.83. The Bertz CT molecular complexity index is 610. The summed E-state index contributed by atoms with van der Waals surface area (Å²) in [5.74, 6) is 0.962. The lowest BCUT2D eigenvalue weighted by Gasteiger charge is -2.06. The van der Waals surface area contributed by atoms with Crippen molar-refractivity contribution in [2.75, 3.05) is 6.61 Å². The summed E-state index contributed by atoms with van der Waals surface area (Å²) in [5.41, 5.74) is 4.31. The largest absolute Gasteiger partial charge is 0.490 e. The molecule has 0 bridgehead atoms. The lowest BCUT2D eigenvalue weighted by molar-refractivity contribution is 0.320. The highest BCUT2D eigenvalue weighted by Gasteiger charge is 2.46. The van der Waals surface area contributed by atoms with Crippen molar-refractivity contribution in [1.82, 2.24) is 0 Å². The third-order valence-corrected chi connectivity index (χ3v) is 4.98. The van der Waals surface area contributed by atoms with E-state index < -0.39 is 0 Å². The van der Waals surface area contributed by atoms with Crippen LogP contribution < -0.4 is 4.74 Å². The van der Waals surface area contributed by atoms with Crippen molar-refractivity contribution in [2.45, 2.75) is 78.4 Å². The van der Waals surface area contributed by atoms with Gasteiger partial charge in [0.1, 0.15) is 12.4 Å². The molecule has 2 heteroatoms. The highest BCUT2D eigenvalue weighted by Crippen LogP contribution is 2.38. The first kappa shape index (κ1) is 19.8. The van der Waals surface area contributed by atoms with Crippen molar-refractivity contribution >= 4 is 0 Å².